The van der Waals surface area contributed by atoms with Crippen molar-refractivity contribution in [3.05, 3.63) is 93.2 Å². The van der Waals surface area contributed by atoms with E-state index in [0.29, 0.717) is 24.5 Å². The molecule has 0 saturated carbocycles. The number of rotatable bonds is 8. The molecular weight excluding hydrogens is 438 g/mol. The summed E-state index contributed by atoms with van der Waals surface area (Å²) in [6.07, 6.45) is 0. The predicted molar refractivity (Wildman–Crippen MR) is 127 cm³/mol. The number of Topliss-reactive ketones (excluding diaryl/α,β-unsaturated/α-hetero) is 1. The first-order chi connectivity index (χ1) is 16.0. The summed E-state index contributed by atoms with van der Waals surface area (Å²) in [5.74, 6) is -0.882. The smallest absolute Gasteiger partial charge is 0.295 e. The van der Waals surface area contributed by atoms with Gasteiger partial charge in [-0.1, -0.05) is 35.9 Å². The maximum Gasteiger partial charge on any atom is 0.295 e. The van der Waals surface area contributed by atoms with Crippen molar-refractivity contribution in [2.75, 3.05) is 20.3 Å². The van der Waals surface area contributed by atoms with Gasteiger partial charge in [-0.25, -0.2) is 0 Å². The van der Waals surface area contributed by atoms with E-state index >= 15 is 0 Å². The number of hydrogen-bond donors (Lipinski definition) is 1. The van der Waals surface area contributed by atoms with Gasteiger partial charge in [-0.2, -0.15) is 0 Å². The summed E-state index contributed by atoms with van der Waals surface area (Å²) in [5.41, 5.74) is 2.77. The van der Waals surface area contributed by atoms with E-state index in [0.717, 1.165) is 10.4 Å². The third-order valence-corrected chi connectivity index (χ3v) is 6.43. The Kier molecular flexibility index (Phi) is 6.91. The van der Waals surface area contributed by atoms with Crippen LogP contribution in [0.15, 0.2) is 71.6 Å². The second kappa shape index (κ2) is 10.0. The molecule has 0 aliphatic carbocycles. The Morgan fingerprint density at radius 2 is 1.88 bits per heavy atom. The van der Waals surface area contributed by atoms with E-state index in [1.807, 2.05) is 42.6 Å². The lowest BCUT2D eigenvalue weighted by molar-refractivity contribution is -0.140. The monoisotopic (exact) mass is 463 g/mol. The molecule has 0 spiro atoms. The van der Waals surface area contributed by atoms with Gasteiger partial charge in [0.2, 0.25) is 0 Å². The number of nitrogens with zero attached hydrogens (tertiary/aromatic N) is 1. The van der Waals surface area contributed by atoms with Crippen molar-refractivity contribution in [1.29, 1.82) is 0 Å². The number of amides is 1. The van der Waals surface area contributed by atoms with Gasteiger partial charge in [0.15, 0.2) is 0 Å². The number of carbonyl (C=O) groups excluding carboxylic acids is 2. The molecule has 1 atom stereocenters. The van der Waals surface area contributed by atoms with Crippen LogP contribution in [0.5, 0.6) is 5.75 Å². The summed E-state index contributed by atoms with van der Waals surface area (Å²) in [6.45, 7) is 3.01. The molecule has 2 heterocycles. The molecule has 1 aromatic heterocycles. The van der Waals surface area contributed by atoms with Crippen LogP contribution < -0.4 is 4.74 Å². The minimum atomic E-state index is -0.693. The topological polar surface area (TPSA) is 76.1 Å². The third kappa shape index (κ3) is 4.84. The van der Waals surface area contributed by atoms with Crippen molar-refractivity contribution in [2.24, 2.45) is 0 Å². The van der Waals surface area contributed by atoms with Crippen LogP contribution in [0, 0.1) is 6.92 Å². The maximum absolute atomic E-state index is 12.9. The third-order valence-electron chi connectivity index (χ3n) is 5.50. The van der Waals surface area contributed by atoms with Crippen molar-refractivity contribution in [2.45, 2.75) is 19.6 Å². The van der Waals surface area contributed by atoms with Gasteiger partial charge < -0.3 is 19.5 Å². The van der Waals surface area contributed by atoms with Crippen molar-refractivity contribution in [3.63, 3.8) is 0 Å². The Hall–Kier alpha value is -3.42. The van der Waals surface area contributed by atoms with Gasteiger partial charge >= 0.3 is 0 Å². The number of likely N-dealkylation sites (tertiary alicyclic amines) is 1. The average Bonchev–Trinajstić information content (AvgIpc) is 3.43. The first-order valence-corrected chi connectivity index (χ1v) is 11.5. The van der Waals surface area contributed by atoms with Gasteiger partial charge in [0.25, 0.3) is 11.7 Å². The molecule has 3 aromatic rings. The molecule has 170 valence electrons. The van der Waals surface area contributed by atoms with Crippen LogP contribution in [0.2, 0.25) is 0 Å². The Morgan fingerprint density at radius 1 is 1.09 bits per heavy atom. The van der Waals surface area contributed by atoms with Crippen molar-refractivity contribution < 1.29 is 24.2 Å². The number of aryl methyl sites for hydroxylation is 1. The first-order valence-electron chi connectivity index (χ1n) is 10.6. The normalized spacial score (nSPS) is 17.5. The molecule has 0 bridgehead atoms. The minimum absolute atomic E-state index is 0.0898. The molecular formula is C26H25NO5S. The molecule has 33 heavy (non-hydrogen) atoms. The molecule has 7 heteroatoms. The van der Waals surface area contributed by atoms with E-state index in [-0.39, 0.29) is 17.9 Å². The van der Waals surface area contributed by atoms with Gasteiger partial charge in [0, 0.05) is 24.1 Å². The van der Waals surface area contributed by atoms with E-state index in [1.165, 1.54) is 21.8 Å². The van der Waals surface area contributed by atoms with Crippen LogP contribution in [0.3, 0.4) is 0 Å². The Labute approximate surface area is 196 Å². The number of thiophene rings is 1. The fraction of sp³-hybridized carbons (Fsp3) is 0.231. The van der Waals surface area contributed by atoms with Gasteiger partial charge in [-0.3, -0.25) is 9.59 Å². The summed E-state index contributed by atoms with van der Waals surface area (Å²) in [4.78, 5) is 27.9. The van der Waals surface area contributed by atoms with Crippen LogP contribution in [-0.2, 0) is 20.9 Å². The molecule has 6 nitrogen and oxygen atoms in total. The summed E-state index contributed by atoms with van der Waals surface area (Å²) in [7, 11) is 1.54. The molecule has 1 saturated heterocycles. The van der Waals surface area contributed by atoms with E-state index in [2.05, 4.69) is 6.07 Å². The Balaban J connectivity index is 1.60. The van der Waals surface area contributed by atoms with E-state index in [9.17, 15) is 14.7 Å². The molecule has 1 amide bonds. The standard InChI is InChI=1S/C26H25NO5S/c1-17-5-3-6-18(15-17)16-32-20-10-8-19(9-11-20)24(28)22-23(21-7-4-14-33-21)27(12-13-31-2)26(30)25(22)29/h3-11,14-15,23,28H,12-13,16H2,1-2H3/b24-22-. The van der Waals surface area contributed by atoms with Gasteiger partial charge in [0.05, 0.1) is 18.2 Å². The van der Waals surface area contributed by atoms with E-state index in [1.54, 1.807) is 31.4 Å². The highest BCUT2D eigenvalue weighted by atomic mass is 32.1. The lowest BCUT2D eigenvalue weighted by Crippen LogP contribution is -2.32. The van der Waals surface area contributed by atoms with Gasteiger partial charge in [-0.15, -0.1) is 11.3 Å². The first kappa shape index (κ1) is 22.8. The summed E-state index contributed by atoms with van der Waals surface area (Å²) in [5, 5.41) is 12.9. The fourth-order valence-corrected chi connectivity index (χ4v) is 4.72. The summed E-state index contributed by atoms with van der Waals surface area (Å²) < 4.78 is 11.0. The predicted octanol–water partition coefficient (Wildman–Crippen LogP) is 4.70. The molecule has 1 unspecified atom stereocenters. The van der Waals surface area contributed by atoms with Crippen molar-refractivity contribution in [1.82, 2.24) is 4.90 Å². The maximum atomic E-state index is 12.9. The fourth-order valence-electron chi connectivity index (χ4n) is 3.88. The Bertz CT molecular complexity index is 1170. The number of methoxy groups -OCH3 is 1. The number of aliphatic hydroxyl groups excluding tert-OH is 1. The second-order valence-electron chi connectivity index (χ2n) is 7.80. The SMILES string of the molecule is COCCN1C(=O)C(=O)/C(=C(\O)c2ccc(OCc3cccc(C)c3)cc2)C1c1cccs1. The van der Waals surface area contributed by atoms with E-state index in [4.69, 9.17) is 9.47 Å². The lowest BCUT2D eigenvalue weighted by Gasteiger charge is -2.23. The average molecular weight is 464 g/mol. The molecule has 0 radical (unpaired) electrons. The molecule has 1 N–H and O–H groups in total. The summed E-state index contributed by atoms with van der Waals surface area (Å²) >= 11 is 1.43. The highest BCUT2D eigenvalue weighted by molar-refractivity contribution is 7.10. The van der Waals surface area contributed by atoms with Gasteiger partial charge in [-0.05, 0) is 48.2 Å². The molecule has 2 aromatic carbocycles. The van der Waals surface area contributed by atoms with E-state index < -0.39 is 17.7 Å². The lowest BCUT2D eigenvalue weighted by atomic mass is 10.00. The van der Waals surface area contributed by atoms with Crippen LogP contribution in [0.25, 0.3) is 5.76 Å². The number of ketones is 1. The number of carbonyl (C=O) groups is 2. The summed E-state index contributed by atoms with van der Waals surface area (Å²) in [6, 6.07) is 18.0. The zero-order valence-electron chi connectivity index (χ0n) is 18.5. The van der Waals surface area contributed by atoms with Crippen LogP contribution in [0.4, 0.5) is 0 Å². The molecule has 1 aliphatic heterocycles. The molecule has 4 rings (SSSR count). The van der Waals surface area contributed by atoms with Crippen molar-refractivity contribution in [3.8, 4) is 5.75 Å². The van der Waals surface area contributed by atoms with Crippen LogP contribution in [-0.4, -0.2) is 42.0 Å². The largest absolute Gasteiger partial charge is 0.507 e. The molecule has 1 aliphatic rings. The zero-order chi connectivity index (χ0) is 23.4. The number of hydrogen-bond acceptors (Lipinski definition) is 6. The quantitative estimate of drug-likeness (QED) is 0.298. The number of benzene rings is 2. The Morgan fingerprint density at radius 3 is 2.55 bits per heavy atom. The van der Waals surface area contributed by atoms with Crippen molar-refractivity contribution >= 4 is 28.8 Å². The van der Waals surface area contributed by atoms with Crippen LogP contribution in [0.1, 0.15) is 27.6 Å². The zero-order valence-corrected chi connectivity index (χ0v) is 19.3. The highest BCUT2D eigenvalue weighted by Gasteiger charge is 2.46. The number of aliphatic hydroxyl groups is 1. The highest BCUT2D eigenvalue weighted by Crippen LogP contribution is 2.41. The molecule has 1 fully saturated rings. The number of ether oxygens (including phenoxy) is 2. The minimum Gasteiger partial charge on any atom is -0.507 e. The van der Waals surface area contributed by atoms with Crippen LogP contribution >= 0.6 is 11.3 Å². The van der Waals surface area contributed by atoms with Gasteiger partial charge in [0.1, 0.15) is 18.1 Å². The second-order valence-corrected chi connectivity index (χ2v) is 8.78.